The third kappa shape index (κ3) is 3.46. The number of anilines is 1. The second-order valence-corrected chi connectivity index (χ2v) is 8.06. The molecule has 2 N–H and O–H groups in total. The zero-order valence-corrected chi connectivity index (χ0v) is 16.3. The number of pyridine rings is 2. The Kier molecular flexibility index (Phi) is 5.02. The summed E-state index contributed by atoms with van der Waals surface area (Å²) in [7, 11) is 0. The van der Waals surface area contributed by atoms with Crippen molar-refractivity contribution in [1.82, 2.24) is 9.97 Å². The van der Waals surface area contributed by atoms with Gasteiger partial charge in [0.2, 0.25) is 0 Å². The molecule has 142 valence electrons. The van der Waals surface area contributed by atoms with Crippen molar-refractivity contribution in [3.05, 3.63) is 60.6 Å². The molecule has 1 aliphatic heterocycles. The van der Waals surface area contributed by atoms with Crippen LogP contribution in [-0.2, 0) is 17.6 Å². The van der Waals surface area contributed by atoms with Crippen LogP contribution in [0.1, 0.15) is 12.0 Å². The number of benzene rings is 1. The highest BCUT2D eigenvalue weighted by Crippen LogP contribution is 2.32. The topological polar surface area (TPSA) is 95.2 Å². The van der Waals surface area contributed by atoms with Gasteiger partial charge in [0.1, 0.15) is 12.1 Å². The zero-order valence-electron chi connectivity index (χ0n) is 15.5. The number of nitrogens with zero attached hydrogens (tertiary/aromatic N) is 3. The Bertz CT molecular complexity index is 1040. The quantitative estimate of drug-likeness (QED) is 0.691. The van der Waals surface area contributed by atoms with Crippen LogP contribution in [0.15, 0.2) is 59.9 Å². The Morgan fingerprint density at radius 1 is 1.14 bits per heavy atom. The van der Waals surface area contributed by atoms with Crippen molar-refractivity contribution in [3.63, 3.8) is 0 Å². The van der Waals surface area contributed by atoms with E-state index in [9.17, 15) is 9.35 Å². The van der Waals surface area contributed by atoms with Crippen molar-refractivity contribution >= 4 is 23.0 Å². The SMILES string of the molecule is C[S+]([O-])c1ccccc1-c1cncc(-c2cnc3c(c2)CCCN3C(N)=O)c1. The third-order valence-corrected chi connectivity index (χ3v) is 5.85. The highest BCUT2D eigenvalue weighted by atomic mass is 32.2. The first-order valence-electron chi connectivity index (χ1n) is 8.99. The van der Waals surface area contributed by atoms with Crippen LogP contribution in [0.4, 0.5) is 10.6 Å². The van der Waals surface area contributed by atoms with Crippen molar-refractivity contribution in [3.8, 4) is 22.3 Å². The van der Waals surface area contributed by atoms with E-state index in [1.165, 1.54) is 4.90 Å². The molecule has 0 bridgehead atoms. The maximum absolute atomic E-state index is 12.1. The summed E-state index contributed by atoms with van der Waals surface area (Å²) < 4.78 is 12.1. The fourth-order valence-electron chi connectivity index (χ4n) is 3.54. The van der Waals surface area contributed by atoms with E-state index in [0.717, 1.165) is 45.6 Å². The molecule has 6 nitrogen and oxygen atoms in total. The van der Waals surface area contributed by atoms with Gasteiger partial charge < -0.3 is 10.3 Å². The highest BCUT2D eigenvalue weighted by Gasteiger charge is 2.22. The fraction of sp³-hybridized carbons (Fsp3) is 0.190. The molecule has 0 spiro atoms. The maximum Gasteiger partial charge on any atom is 0.320 e. The van der Waals surface area contributed by atoms with Crippen LogP contribution in [0.2, 0.25) is 0 Å². The fourth-order valence-corrected chi connectivity index (χ4v) is 4.30. The molecule has 2 aromatic heterocycles. The standard InChI is InChI=1S/C21H20N4O2S/c1-28(27)19-7-3-2-6-18(19)17-10-15(11-23-12-17)16-9-14-5-4-8-25(21(22)26)20(14)24-13-16/h2-3,6-7,9-13H,4-5,8H2,1H3,(H2,22,26). The van der Waals surface area contributed by atoms with Crippen molar-refractivity contribution in [2.75, 3.05) is 17.7 Å². The second-order valence-electron chi connectivity index (χ2n) is 6.71. The number of primary amides is 1. The molecule has 0 radical (unpaired) electrons. The van der Waals surface area contributed by atoms with Gasteiger partial charge in [-0.3, -0.25) is 9.88 Å². The second kappa shape index (κ2) is 7.61. The van der Waals surface area contributed by atoms with Crippen molar-refractivity contribution in [2.45, 2.75) is 17.7 Å². The Hall–Kier alpha value is -2.90. The van der Waals surface area contributed by atoms with Gasteiger partial charge in [0.15, 0.2) is 4.90 Å². The minimum atomic E-state index is -1.09. The number of hydrogen-bond acceptors (Lipinski definition) is 4. The first kappa shape index (κ1) is 18.5. The lowest BCUT2D eigenvalue weighted by Crippen LogP contribution is -2.40. The lowest BCUT2D eigenvalue weighted by atomic mass is 9.99. The van der Waals surface area contributed by atoms with Gasteiger partial charge in [0, 0.05) is 47.4 Å². The summed E-state index contributed by atoms with van der Waals surface area (Å²) in [5, 5.41) is 0. The predicted octanol–water partition coefficient (Wildman–Crippen LogP) is 3.38. The number of carbonyl (C=O) groups is 1. The molecular formula is C21H20N4O2S. The largest absolute Gasteiger partial charge is 0.612 e. The van der Waals surface area contributed by atoms with E-state index in [0.29, 0.717) is 12.4 Å². The molecular weight excluding hydrogens is 372 g/mol. The van der Waals surface area contributed by atoms with E-state index in [1.807, 2.05) is 36.4 Å². The number of carbonyl (C=O) groups excluding carboxylic acids is 1. The summed E-state index contributed by atoms with van der Waals surface area (Å²) >= 11 is -1.09. The van der Waals surface area contributed by atoms with Crippen molar-refractivity contribution < 1.29 is 9.35 Å². The van der Waals surface area contributed by atoms with Crippen LogP contribution in [0.5, 0.6) is 0 Å². The van der Waals surface area contributed by atoms with Crippen molar-refractivity contribution in [1.29, 1.82) is 0 Å². The Balaban J connectivity index is 1.74. The Labute approximate surface area is 166 Å². The van der Waals surface area contributed by atoms with Gasteiger partial charge in [-0.05, 0) is 53.8 Å². The van der Waals surface area contributed by atoms with Crippen LogP contribution < -0.4 is 10.6 Å². The normalized spacial score (nSPS) is 14.4. The van der Waals surface area contributed by atoms with Crippen LogP contribution in [-0.4, -0.2) is 33.4 Å². The lowest BCUT2D eigenvalue weighted by Gasteiger charge is -2.26. The number of rotatable bonds is 3. The van der Waals surface area contributed by atoms with Gasteiger partial charge in [0.05, 0.1) is 0 Å². The summed E-state index contributed by atoms with van der Waals surface area (Å²) in [4.78, 5) is 22.8. The number of hydrogen-bond donors (Lipinski definition) is 1. The summed E-state index contributed by atoms with van der Waals surface area (Å²) in [6.07, 6.45) is 8.68. The zero-order chi connectivity index (χ0) is 19.7. The van der Waals surface area contributed by atoms with Gasteiger partial charge in [-0.1, -0.05) is 12.1 Å². The summed E-state index contributed by atoms with van der Waals surface area (Å²) in [6.45, 7) is 0.594. The van der Waals surface area contributed by atoms with E-state index in [1.54, 1.807) is 24.8 Å². The van der Waals surface area contributed by atoms with Crippen molar-refractivity contribution in [2.24, 2.45) is 5.73 Å². The molecule has 2 amide bonds. The van der Waals surface area contributed by atoms with Gasteiger partial charge in [0.25, 0.3) is 0 Å². The van der Waals surface area contributed by atoms with Gasteiger partial charge in [-0.25, -0.2) is 9.78 Å². The summed E-state index contributed by atoms with van der Waals surface area (Å²) in [5.41, 5.74) is 10.1. The van der Waals surface area contributed by atoms with Gasteiger partial charge in [-0.15, -0.1) is 0 Å². The Morgan fingerprint density at radius 3 is 2.68 bits per heavy atom. The van der Waals surface area contributed by atoms with Gasteiger partial charge in [-0.2, -0.15) is 0 Å². The monoisotopic (exact) mass is 392 g/mol. The molecule has 1 atom stereocenters. The average molecular weight is 392 g/mol. The molecule has 4 rings (SSSR count). The molecule has 28 heavy (non-hydrogen) atoms. The molecule has 1 aromatic carbocycles. The molecule has 7 heteroatoms. The first-order chi connectivity index (χ1) is 13.5. The number of aryl methyl sites for hydroxylation is 1. The molecule has 0 aliphatic carbocycles. The maximum atomic E-state index is 12.1. The van der Waals surface area contributed by atoms with Gasteiger partial charge >= 0.3 is 6.03 Å². The van der Waals surface area contributed by atoms with Crippen LogP contribution in [0.25, 0.3) is 22.3 Å². The molecule has 1 unspecified atom stereocenters. The Morgan fingerprint density at radius 2 is 1.89 bits per heavy atom. The lowest BCUT2D eigenvalue weighted by molar-refractivity contribution is 0.253. The number of urea groups is 1. The predicted molar refractivity (Wildman–Crippen MR) is 110 cm³/mol. The summed E-state index contributed by atoms with van der Waals surface area (Å²) in [5.74, 6) is 0.637. The van der Waals surface area contributed by atoms with E-state index < -0.39 is 17.2 Å². The molecule has 3 aromatic rings. The van der Waals surface area contributed by atoms with E-state index >= 15 is 0 Å². The molecule has 3 heterocycles. The number of aromatic nitrogens is 2. The number of nitrogens with two attached hydrogens (primary N) is 1. The van der Waals surface area contributed by atoms with E-state index in [2.05, 4.69) is 9.97 Å². The van der Waals surface area contributed by atoms with Crippen LogP contribution in [0.3, 0.4) is 0 Å². The number of fused-ring (bicyclic) bond motifs is 1. The molecule has 0 saturated heterocycles. The third-order valence-electron chi connectivity index (χ3n) is 4.87. The number of amides is 2. The average Bonchev–Trinajstić information content (AvgIpc) is 2.73. The van der Waals surface area contributed by atoms with Crippen LogP contribution >= 0.6 is 0 Å². The molecule has 0 saturated carbocycles. The molecule has 0 fully saturated rings. The highest BCUT2D eigenvalue weighted by molar-refractivity contribution is 7.90. The van der Waals surface area contributed by atoms with E-state index in [-0.39, 0.29) is 0 Å². The minimum Gasteiger partial charge on any atom is -0.612 e. The first-order valence-corrected chi connectivity index (χ1v) is 10.5. The van der Waals surface area contributed by atoms with Crippen LogP contribution in [0, 0.1) is 0 Å². The minimum absolute atomic E-state index is 0.478. The summed E-state index contributed by atoms with van der Waals surface area (Å²) in [6, 6.07) is 11.2. The van der Waals surface area contributed by atoms with E-state index in [4.69, 9.17) is 5.73 Å². The molecule has 1 aliphatic rings. The smallest absolute Gasteiger partial charge is 0.320 e.